The summed E-state index contributed by atoms with van der Waals surface area (Å²) in [5.74, 6) is 0.679. The van der Waals surface area contributed by atoms with Crippen molar-refractivity contribution in [2.75, 3.05) is 17.6 Å². The Morgan fingerprint density at radius 3 is 2.82 bits per heavy atom. The molecule has 0 fully saturated rings. The molecule has 174 valence electrons. The van der Waals surface area contributed by atoms with Gasteiger partial charge >= 0.3 is 0 Å². The third-order valence-corrected chi connectivity index (χ3v) is 7.52. The number of anilines is 1. The van der Waals surface area contributed by atoms with Crippen molar-refractivity contribution in [3.05, 3.63) is 53.6 Å². The molecule has 0 spiro atoms. The highest BCUT2D eigenvalue weighted by Gasteiger charge is 2.27. The maximum atomic E-state index is 12.9. The Labute approximate surface area is 193 Å². The molecule has 1 amide bonds. The van der Waals surface area contributed by atoms with Crippen molar-refractivity contribution < 1.29 is 13.2 Å². The molecule has 1 N–H and O–H groups in total. The van der Waals surface area contributed by atoms with E-state index in [1.807, 2.05) is 25.3 Å². The van der Waals surface area contributed by atoms with Crippen LogP contribution in [0.15, 0.2) is 36.8 Å². The summed E-state index contributed by atoms with van der Waals surface area (Å²) in [4.78, 5) is 21.7. The summed E-state index contributed by atoms with van der Waals surface area (Å²) in [5, 5.41) is 10.9. The maximum absolute atomic E-state index is 12.9. The second-order valence-electron chi connectivity index (χ2n) is 8.26. The number of aromatic nitrogens is 5. The van der Waals surface area contributed by atoms with Gasteiger partial charge in [-0.2, -0.15) is 4.31 Å². The van der Waals surface area contributed by atoms with Crippen LogP contribution in [0.1, 0.15) is 54.8 Å². The SMILES string of the molecule is CCCS(=O)(=O)N1CCc2cnc(C(=O)Nc3cccc(-c4nncn4C(C)C)n3)cc2C1. The van der Waals surface area contributed by atoms with Gasteiger partial charge in [0.25, 0.3) is 5.91 Å². The fourth-order valence-electron chi connectivity index (χ4n) is 3.77. The normalized spacial score (nSPS) is 14.3. The smallest absolute Gasteiger partial charge is 0.275 e. The zero-order chi connectivity index (χ0) is 23.6. The number of amides is 1. The minimum absolute atomic E-state index is 0.118. The largest absolute Gasteiger partial charge is 0.310 e. The first-order valence-corrected chi connectivity index (χ1v) is 12.5. The van der Waals surface area contributed by atoms with E-state index in [0.29, 0.717) is 36.7 Å². The highest BCUT2D eigenvalue weighted by Crippen LogP contribution is 2.23. The summed E-state index contributed by atoms with van der Waals surface area (Å²) in [6.07, 6.45) is 4.44. The van der Waals surface area contributed by atoms with Crippen LogP contribution >= 0.6 is 0 Å². The van der Waals surface area contributed by atoms with Crippen LogP contribution in [0.3, 0.4) is 0 Å². The predicted molar refractivity (Wildman–Crippen MR) is 124 cm³/mol. The van der Waals surface area contributed by atoms with E-state index in [2.05, 4.69) is 25.5 Å². The van der Waals surface area contributed by atoms with Gasteiger partial charge in [0, 0.05) is 25.3 Å². The van der Waals surface area contributed by atoms with Crippen molar-refractivity contribution >= 4 is 21.7 Å². The van der Waals surface area contributed by atoms with E-state index in [1.54, 1.807) is 36.8 Å². The number of hydrogen-bond donors (Lipinski definition) is 1. The van der Waals surface area contributed by atoms with Crippen molar-refractivity contribution in [1.82, 2.24) is 29.0 Å². The Kier molecular flexibility index (Phi) is 6.52. The minimum atomic E-state index is -3.30. The highest BCUT2D eigenvalue weighted by molar-refractivity contribution is 7.89. The number of carbonyl (C=O) groups is 1. The van der Waals surface area contributed by atoms with Crippen LogP contribution in [0, 0.1) is 0 Å². The van der Waals surface area contributed by atoms with Crippen molar-refractivity contribution in [3.8, 4) is 11.5 Å². The van der Waals surface area contributed by atoms with Gasteiger partial charge in [0.1, 0.15) is 23.5 Å². The molecule has 4 rings (SSSR count). The van der Waals surface area contributed by atoms with Gasteiger partial charge in [0.15, 0.2) is 5.82 Å². The average Bonchev–Trinajstić information content (AvgIpc) is 3.29. The molecular formula is C22H27N7O3S. The highest BCUT2D eigenvalue weighted by atomic mass is 32.2. The third-order valence-electron chi connectivity index (χ3n) is 5.50. The summed E-state index contributed by atoms with van der Waals surface area (Å²) in [5.41, 5.74) is 2.56. The molecule has 0 radical (unpaired) electrons. The minimum Gasteiger partial charge on any atom is -0.310 e. The van der Waals surface area contributed by atoms with E-state index in [0.717, 1.165) is 11.1 Å². The van der Waals surface area contributed by atoms with Crippen molar-refractivity contribution in [2.45, 2.75) is 46.2 Å². The second-order valence-corrected chi connectivity index (χ2v) is 10.3. The van der Waals surface area contributed by atoms with E-state index in [9.17, 15) is 13.2 Å². The van der Waals surface area contributed by atoms with Gasteiger partial charge in [-0.1, -0.05) is 13.0 Å². The van der Waals surface area contributed by atoms with Crippen molar-refractivity contribution in [2.24, 2.45) is 0 Å². The molecule has 3 aromatic rings. The second kappa shape index (κ2) is 9.36. The number of pyridine rings is 2. The average molecular weight is 470 g/mol. The standard InChI is InChI=1S/C22H27N7O3S/c1-4-10-33(31,32)28-9-8-16-12-23-19(11-17(16)13-28)22(30)26-20-7-5-6-18(25-20)21-27-24-14-29(21)15(2)3/h5-7,11-12,14-15H,4,8-10,13H2,1-3H3,(H,25,26,30). The zero-order valence-corrected chi connectivity index (χ0v) is 19.7. The number of nitrogens with zero attached hydrogens (tertiary/aromatic N) is 6. The van der Waals surface area contributed by atoms with Gasteiger partial charge in [0.2, 0.25) is 10.0 Å². The quantitative estimate of drug-likeness (QED) is 0.564. The Bertz CT molecular complexity index is 1270. The molecule has 33 heavy (non-hydrogen) atoms. The summed E-state index contributed by atoms with van der Waals surface area (Å²) < 4.78 is 28.3. The number of rotatable bonds is 7. The van der Waals surface area contributed by atoms with Gasteiger partial charge in [-0.3, -0.25) is 9.78 Å². The number of sulfonamides is 1. The number of carbonyl (C=O) groups excluding carboxylic acids is 1. The van der Waals surface area contributed by atoms with Crippen LogP contribution in [0.4, 0.5) is 5.82 Å². The lowest BCUT2D eigenvalue weighted by atomic mass is 10.0. The topological polar surface area (TPSA) is 123 Å². The predicted octanol–water partition coefficient (Wildman–Crippen LogP) is 2.67. The first-order chi connectivity index (χ1) is 15.8. The van der Waals surface area contributed by atoms with Gasteiger partial charge in [-0.25, -0.2) is 13.4 Å². The van der Waals surface area contributed by atoms with E-state index in [4.69, 9.17) is 0 Å². The van der Waals surface area contributed by atoms with Crippen LogP contribution in [0.25, 0.3) is 11.5 Å². The van der Waals surface area contributed by atoms with Crippen LogP contribution in [0.5, 0.6) is 0 Å². The molecule has 0 saturated heterocycles. The van der Waals surface area contributed by atoms with Crippen LogP contribution in [0.2, 0.25) is 0 Å². The van der Waals surface area contributed by atoms with Gasteiger partial charge in [-0.05, 0) is 56.0 Å². The Balaban J connectivity index is 1.53. The molecule has 0 atom stereocenters. The van der Waals surface area contributed by atoms with Crippen LogP contribution in [-0.4, -0.2) is 55.7 Å². The van der Waals surface area contributed by atoms with Crippen molar-refractivity contribution in [1.29, 1.82) is 0 Å². The molecule has 10 nitrogen and oxygen atoms in total. The van der Waals surface area contributed by atoms with Gasteiger partial charge < -0.3 is 9.88 Å². The first kappa shape index (κ1) is 23.0. The molecule has 1 aliphatic heterocycles. The van der Waals surface area contributed by atoms with Gasteiger partial charge in [-0.15, -0.1) is 10.2 Å². The molecule has 0 saturated carbocycles. The van der Waals surface area contributed by atoms with E-state index in [-0.39, 0.29) is 24.0 Å². The lowest BCUT2D eigenvalue weighted by Crippen LogP contribution is -2.37. The molecular weight excluding hydrogens is 442 g/mol. The maximum Gasteiger partial charge on any atom is 0.275 e. The van der Waals surface area contributed by atoms with E-state index < -0.39 is 15.9 Å². The third kappa shape index (κ3) is 4.93. The molecule has 11 heteroatoms. The fraction of sp³-hybridized carbons (Fsp3) is 0.409. The number of nitrogens with one attached hydrogen (secondary N) is 1. The summed E-state index contributed by atoms with van der Waals surface area (Å²) in [7, 11) is -3.30. The first-order valence-electron chi connectivity index (χ1n) is 10.9. The van der Waals surface area contributed by atoms with Gasteiger partial charge in [0.05, 0.1) is 5.75 Å². The fourth-order valence-corrected chi connectivity index (χ4v) is 5.25. The molecule has 0 aromatic carbocycles. The molecule has 0 aliphatic carbocycles. The lowest BCUT2D eigenvalue weighted by molar-refractivity contribution is 0.102. The molecule has 3 aromatic heterocycles. The molecule has 1 aliphatic rings. The van der Waals surface area contributed by atoms with E-state index in [1.165, 1.54) is 4.31 Å². The Morgan fingerprint density at radius 2 is 2.06 bits per heavy atom. The van der Waals surface area contributed by atoms with E-state index >= 15 is 0 Å². The zero-order valence-electron chi connectivity index (χ0n) is 18.9. The Morgan fingerprint density at radius 1 is 1.24 bits per heavy atom. The summed E-state index contributed by atoms with van der Waals surface area (Å²) in [6.45, 7) is 6.57. The molecule has 4 heterocycles. The number of fused-ring (bicyclic) bond motifs is 1. The molecule has 0 bridgehead atoms. The molecule has 0 unspecified atom stereocenters. The van der Waals surface area contributed by atoms with Crippen LogP contribution in [-0.2, 0) is 23.0 Å². The summed E-state index contributed by atoms with van der Waals surface area (Å²) in [6, 6.07) is 7.11. The summed E-state index contributed by atoms with van der Waals surface area (Å²) >= 11 is 0. The van der Waals surface area contributed by atoms with Crippen molar-refractivity contribution in [3.63, 3.8) is 0 Å². The lowest BCUT2D eigenvalue weighted by Gasteiger charge is -2.28. The Hall–Kier alpha value is -3.18. The monoisotopic (exact) mass is 469 g/mol. The van der Waals surface area contributed by atoms with Crippen LogP contribution < -0.4 is 5.32 Å². The number of hydrogen-bond acceptors (Lipinski definition) is 7.